The molecular formula is C17H29N3O2S. The lowest BCUT2D eigenvalue weighted by atomic mass is 9.98. The summed E-state index contributed by atoms with van der Waals surface area (Å²) >= 11 is 1.81. The van der Waals surface area contributed by atoms with Crippen LogP contribution in [-0.4, -0.2) is 60.3 Å². The second-order valence-corrected chi connectivity index (χ2v) is 7.60. The maximum Gasteiger partial charge on any atom is 0.317 e. The molecule has 6 heteroatoms. The standard InChI is InChI=1S/C17H29N3O2S/c1-14(21)7-9-19(2)17(22)18-11-15-5-3-8-20(12-15)13-16-6-4-10-23-16/h4,6,10,14-15,21H,3,5,7-9,11-13H2,1-2H3,(H,18,22). The molecular weight excluding hydrogens is 310 g/mol. The van der Waals surface area contributed by atoms with Crippen molar-refractivity contribution in [2.24, 2.45) is 5.92 Å². The Labute approximate surface area is 143 Å². The third-order valence-corrected chi connectivity index (χ3v) is 5.19. The Morgan fingerprint density at radius 1 is 1.61 bits per heavy atom. The zero-order valence-corrected chi connectivity index (χ0v) is 15.0. The van der Waals surface area contributed by atoms with Crippen LogP contribution in [0, 0.1) is 5.92 Å². The average molecular weight is 340 g/mol. The maximum absolute atomic E-state index is 12.1. The number of hydrogen-bond donors (Lipinski definition) is 2. The van der Waals surface area contributed by atoms with E-state index < -0.39 is 0 Å². The number of aliphatic hydroxyl groups is 1. The molecule has 1 fully saturated rings. The molecule has 130 valence electrons. The molecule has 1 aliphatic heterocycles. The van der Waals surface area contributed by atoms with E-state index in [0.717, 1.165) is 26.2 Å². The Bertz CT molecular complexity index is 464. The molecule has 0 aromatic carbocycles. The first-order chi connectivity index (χ1) is 11.0. The molecule has 2 unspecified atom stereocenters. The van der Waals surface area contributed by atoms with Crippen LogP contribution in [0.1, 0.15) is 31.1 Å². The number of thiophene rings is 1. The Hall–Kier alpha value is -1.11. The first kappa shape index (κ1) is 18.2. The highest BCUT2D eigenvalue weighted by atomic mass is 32.1. The van der Waals surface area contributed by atoms with Crippen LogP contribution < -0.4 is 5.32 Å². The van der Waals surface area contributed by atoms with Crippen LogP contribution in [0.25, 0.3) is 0 Å². The smallest absolute Gasteiger partial charge is 0.317 e. The van der Waals surface area contributed by atoms with Crippen molar-refractivity contribution in [3.63, 3.8) is 0 Å². The molecule has 1 aromatic heterocycles. The summed E-state index contributed by atoms with van der Waals surface area (Å²) in [4.78, 5) is 17.6. The molecule has 0 spiro atoms. The minimum Gasteiger partial charge on any atom is -0.393 e. The van der Waals surface area contributed by atoms with Gasteiger partial charge in [-0.15, -0.1) is 11.3 Å². The van der Waals surface area contributed by atoms with Crippen molar-refractivity contribution in [1.82, 2.24) is 15.1 Å². The summed E-state index contributed by atoms with van der Waals surface area (Å²) in [5, 5.41) is 14.5. The fourth-order valence-corrected chi connectivity index (χ4v) is 3.68. The lowest BCUT2D eigenvalue weighted by Crippen LogP contribution is -2.44. The van der Waals surface area contributed by atoms with E-state index in [2.05, 4.69) is 27.7 Å². The number of likely N-dealkylation sites (tertiary alicyclic amines) is 1. The minimum atomic E-state index is -0.366. The Kier molecular flexibility index (Phi) is 7.33. The van der Waals surface area contributed by atoms with Gasteiger partial charge in [0.25, 0.3) is 0 Å². The van der Waals surface area contributed by atoms with Crippen molar-refractivity contribution in [2.45, 2.75) is 38.8 Å². The first-order valence-corrected chi connectivity index (χ1v) is 9.34. The van der Waals surface area contributed by atoms with E-state index in [1.807, 2.05) is 11.3 Å². The summed E-state index contributed by atoms with van der Waals surface area (Å²) in [6.45, 7) is 6.29. The summed E-state index contributed by atoms with van der Waals surface area (Å²) in [6.07, 6.45) is 2.62. The highest BCUT2D eigenvalue weighted by Crippen LogP contribution is 2.20. The topological polar surface area (TPSA) is 55.8 Å². The van der Waals surface area contributed by atoms with Crippen LogP contribution in [0.5, 0.6) is 0 Å². The number of rotatable bonds is 7. The monoisotopic (exact) mass is 339 g/mol. The molecule has 2 N–H and O–H groups in total. The molecule has 0 radical (unpaired) electrons. The van der Waals surface area contributed by atoms with Crippen LogP contribution in [0.15, 0.2) is 17.5 Å². The number of carbonyl (C=O) groups excluding carboxylic acids is 1. The van der Waals surface area contributed by atoms with Crippen LogP contribution in [0.3, 0.4) is 0 Å². The zero-order valence-electron chi connectivity index (χ0n) is 14.2. The molecule has 0 saturated carbocycles. The van der Waals surface area contributed by atoms with E-state index in [1.54, 1.807) is 18.9 Å². The van der Waals surface area contributed by atoms with E-state index in [-0.39, 0.29) is 12.1 Å². The van der Waals surface area contributed by atoms with Crippen molar-refractivity contribution in [1.29, 1.82) is 0 Å². The Morgan fingerprint density at radius 3 is 3.13 bits per heavy atom. The van der Waals surface area contributed by atoms with Gasteiger partial charge in [-0.25, -0.2) is 4.79 Å². The van der Waals surface area contributed by atoms with Crippen molar-refractivity contribution < 1.29 is 9.90 Å². The third kappa shape index (κ3) is 6.49. The van der Waals surface area contributed by atoms with Crippen molar-refractivity contribution in [3.8, 4) is 0 Å². The number of piperidine rings is 1. The predicted molar refractivity (Wildman–Crippen MR) is 94.6 cm³/mol. The molecule has 2 heterocycles. The number of amides is 2. The van der Waals surface area contributed by atoms with Gasteiger partial charge in [-0.1, -0.05) is 6.07 Å². The van der Waals surface area contributed by atoms with Crippen LogP contribution in [-0.2, 0) is 6.54 Å². The molecule has 1 saturated heterocycles. The number of aliphatic hydroxyl groups excluding tert-OH is 1. The van der Waals surface area contributed by atoms with Gasteiger partial charge in [0.05, 0.1) is 6.10 Å². The summed E-state index contributed by atoms with van der Waals surface area (Å²) in [5.74, 6) is 0.526. The van der Waals surface area contributed by atoms with E-state index in [9.17, 15) is 9.90 Å². The van der Waals surface area contributed by atoms with Gasteiger partial charge in [0, 0.05) is 38.1 Å². The second-order valence-electron chi connectivity index (χ2n) is 6.57. The number of urea groups is 1. The molecule has 0 bridgehead atoms. The highest BCUT2D eigenvalue weighted by molar-refractivity contribution is 7.09. The Balaban J connectivity index is 1.69. The van der Waals surface area contributed by atoms with E-state index >= 15 is 0 Å². The fraction of sp³-hybridized carbons (Fsp3) is 0.706. The number of nitrogens with zero attached hydrogens (tertiary/aromatic N) is 2. The lowest BCUT2D eigenvalue weighted by Gasteiger charge is -2.32. The van der Waals surface area contributed by atoms with Gasteiger partial charge >= 0.3 is 6.03 Å². The van der Waals surface area contributed by atoms with E-state index in [4.69, 9.17) is 0 Å². The number of hydrogen-bond acceptors (Lipinski definition) is 4. The molecule has 5 nitrogen and oxygen atoms in total. The summed E-state index contributed by atoms with van der Waals surface area (Å²) in [6, 6.07) is 4.25. The molecule has 2 atom stereocenters. The van der Waals surface area contributed by atoms with Crippen LogP contribution in [0.4, 0.5) is 4.79 Å². The van der Waals surface area contributed by atoms with Gasteiger partial charge in [-0.3, -0.25) is 4.90 Å². The van der Waals surface area contributed by atoms with Gasteiger partial charge in [-0.05, 0) is 50.1 Å². The quantitative estimate of drug-likeness (QED) is 0.802. The first-order valence-electron chi connectivity index (χ1n) is 8.46. The average Bonchev–Trinajstić information content (AvgIpc) is 3.03. The molecule has 1 aliphatic rings. The molecule has 2 amide bonds. The summed E-state index contributed by atoms with van der Waals surface area (Å²) in [7, 11) is 1.78. The molecule has 23 heavy (non-hydrogen) atoms. The fourth-order valence-electron chi connectivity index (χ4n) is 2.93. The van der Waals surface area contributed by atoms with E-state index in [0.29, 0.717) is 18.9 Å². The zero-order chi connectivity index (χ0) is 16.7. The van der Waals surface area contributed by atoms with E-state index in [1.165, 1.54) is 17.7 Å². The normalized spacial score (nSPS) is 20.2. The van der Waals surface area contributed by atoms with Crippen LogP contribution in [0.2, 0.25) is 0 Å². The van der Waals surface area contributed by atoms with Gasteiger partial charge in [0.15, 0.2) is 0 Å². The summed E-state index contributed by atoms with van der Waals surface area (Å²) < 4.78 is 0. The number of carbonyl (C=O) groups is 1. The van der Waals surface area contributed by atoms with Gasteiger partial charge in [0.1, 0.15) is 0 Å². The predicted octanol–water partition coefficient (Wildman–Crippen LogP) is 2.37. The minimum absolute atomic E-state index is 0.0407. The third-order valence-electron chi connectivity index (χ3n) is 4.33. The van der Waals surface area contributed by atoms with Gasteiger partial charge in [-0.2, -0.15) is 0 Å². The largest absolute Gasteiger partial charge is 0.393 e. The van der Waals surface area contributed by atoms with Crippen molar-refractivity contribution >= 4 is 17.4 Å². The SMILES string of the molecule is CC(O)CCN(C)C(=O)NCC1CCCN(Cc2cccs2)C1. The molecule has 1 aromatic rings. The lowest BCUT2D eigenvalue weighted by molar-refractivity contribution is 0.154. The summed E-state index contributed by atoms with van der Waals surface area (Å²) in [5.41, 5.74) is 0. The second kappa shape index (κ2) is 9.25. The molecule has 0 aliphatic carbocycles. The maximum atomic E-state index is 12.1. The van der Waals surface area contributed by atoms with Gasteiger partial charge < -0.3 is 15.3 Å². The van der Waals surface area contributed by atoms with Gasteiger partial charge in [0.2, 0.25) is 0 Å². The van der Waals surface area contributed by atoms with Crippen LogP contribution >= 0.6 is 11.3 Å². The molecule has 2 rings (SSSR count). The van der Waals surface area contributed by atoms with Crippen molar-refractivity contribution in [2.75, 3.05) is 33.2 Å². The number of nitrogens with one attached hydrogen (secondary N) is 1. The Morgan fingerprint density at radius 2 is 2.43 bits per heavy atom. The highest BCUT2D eigenvalue weighted by Gasteiger charge is 2.21. The van der Waals surface area contributed by atoms with Crippen molar-refractivity contribution in [3.05, 3.63) is 22.4 Å².